The number of hydrogen-bond donors (Lipinski definition) is 0. The zero-order valence-corrected chi connectivity index (χ0v) is 9.17. The molecule has 1 nitrogen and oxygen atoms in total. The number of fused-ring (bicyclic) bond motifs is 2. The molecule has 2 saturated carbocycles. The van der Waals surface area contributed by atoms with E-state index < -0.39 is 0 Å². The van der Waals surface area contributed by atoms with Gasteiger partial charge in [0.15, 0.2) is 0 Å². The van der Waals surface area contributed by atoms with Crippen LogP contribution in [0.1, 0.15) is 44.9 Å². The highest BCUT2D eigenvalue weighted by atomic mass is 16.1. The van der Waals surface area contributed by atoms with Gasteiger partial charge in [0.1, 0.15) is 5.78 Å². The molecule has 15 heavy (non-hydrogen) atoms. The van der Waals surface area contributed by atoms with Crippen LogP contribution in [0.4, 0.5) is 0 Å². The molecule has 0 radical (unpaired) electrons. The summed E-state index contributed by atoms with van der Waals surface area (Å²) in [6, 6.07) is 0. The highest BCUT2D eigenvalue weighted by molar-refractivity contribution is 5.84. The van der Waals surface area contributed by atoms with Crippen LogP contribution in [0.2, 0.25) is 0 Å². The third kappa shape index (κ3) is 1.58. The van der Waals surface area contributed by atoms with Crippen molar-refractivity contribution in [1.82, 2.24) is 0 Å². The molecule has 80 valence electrons. The van der Waals surface area contributed by atoms with Crippen LogP contribution < -0.4 is 0 Å². The molecule has 0 unspecified atom stereocenters. The summed E-state index contributed by atoms with van der Waals surface area (Å²) in [5, 5.41) is 0. The molecule has 0 aromatic carbocycles. The van der Waals surface area contributed by atoms with Crippen LogP contribution in [-0.2, 0) is 4.79 Å². The van der Waals surface area contributed by atoms with Crippen molar-refractivity contribution in [3.63, 3.8) is 0 Å². The zero-order chi connectivity index (χ0) is 10.3. The lowest BCUT2D eigenvalue weighted by Crippen LogP contribution is -2.29. The van der Waals surface area contributed by atoms with Gasteiger partial charge in [-0.05, 0) is 55.6 Å². The molecular weight excluding hydrogens is 184 g/mol. The van der Waals surface area contributed by atoms with Gasteiger partial charge >= 0.3 is 0 Å². The van der Waals surface area contributed by atoms with Gasteiger partial charge in [0.2, 0.25) is 0 Å². The van der Waals surface area contributed by atoms with Crippen LogP contribution >= 0.6 is 0 Å². The van der Waals surface area contributed by atoms with E-state index in [2.05, 4.69) is 12.2 Å². The van der Waals surface area contributed by atoms with Gasteiger partial charge in [0.05, 0.1) is 0 Å². The molecule has 0 amide bonds. The Morgan fingerprint density at radius 1 is 0.933 bits per heavy atom. The Morgan fingerprint density at radius 3 is 2.47 bits per heavy atom. The van der Waals surface area contributed by atoms with E-state index in [1.807, 2.05) is 0 Å². The van der Waals surface area contributed by atoms with Crippen LogP contribution in [0.25, 0.3) is 0 Å². The summed E-state index contributed by atoms with van der Waals surface area (Å²) in [6.07, 6.45) is 13.0. The van der Waals surface area contributed by atoms with Crippen molar-refractivity contribution in [3.8, 4) is 0 Å². The molecule has 2 atom stereocenters. The third-order valence-corrected chi connectivity index (χ3v) is 4.14. The van der Waals surface area contributed by atoms with Gasteiger partial charge in [0.25, 0.3) is 0 Å². The molecule has 0 aromatic heterocycles. The second kappa shape index (κ2) is 3.62. The third-order valence-electron chi connectivity index (χ3n) is 4.14. The summed E-state index contributed by atoms with van der Waals surface area (Å²) < 4.78 is 0. The molecule has 3 rings (SSSR count). The van der Waals surface area contributed by atoms with Gasteiger partial charge in [-0.1, -0.05) is 12.2 Å². The van der Waals surface area contributed by atoms with Crippen molar-refractivity contribution in [3.05, 3.63) is 23.3 Å². The first-order valence-corrected chi connectivity index (χ1v) is 6.29. The summed E-state index contributed by atoms with van der Waals surface area (Å²) in [6.45, 7) is 0. The number of carbonyl (C=O) groups excluding carboxylic acids is 1. The monoisotopic (exact) mass is 202 g/mol. The molecule has 1 heteroatoms. The average Bonchev–Trinajstić information content (AvgIpc) is 2.27. The first-order valence-electron chi connectivity index (χ1n) is 6.29. The number of allylic oxidation sites excluding steroid dienone is 4. The van der Waals surface area contributed by atoms with Crippen molar-refractivity contribution in [2.75, 3.05) is 0 Å². The van der Waals surface area contributed by atoms with Gasteiger partial charge < -0.3 is 0 Å². The van der Waals surface area contributed by atoms with E-state index in [1.165, 1.54) is 37.7 Å². The van der Waals surface area contributed by atoms with Crippen LogP contribution in [0.15, 0.2) is 23.3 Å². The van der Waals surface area contributed by atoms with Crippen LogP contribution in [0, 0.1) is 11.8 Å². The smallest absolute Gasteiger partial charge is 0.140 e. The van der Waals surface area contributed by atoms with E-state index in [4.69, 9.17) is 0 Å². The minimum Gasteiger partial charge on any atom is -0.299 e. The van der Waals surface area contributed by atoms with Gasteiger partial charge in [-0.3, -0.25) is 4.79 Å². The Bertz CT molecular complexity index is 348. The first kappa shape index (κ1) is 9.38. The Morgan fingerprint density at radius 2 is 1.67 bits per heavy atom. The molecule has 0 saturated heterocycles. The Balaban J connectivity index is 1.92. The Hall–Kier alpha value is -0.850. The lowest BCUT2D eigenvalue weighted by Gasteiger charge is -2.33. The van der Waals surface area contributed by atoms with E-state index in [0.29, 0.717) is 11.7 Å². The van der Waals surface area contributed by atoms with Crippen molar-refractivity contribution in [2.45, 2.75) is 44.9 Å². The first-order chi connectivity index (χ1) is 7.34. The van der Waals surface area contributed by atoms with Crippen molar-refractivity contribution in [1.29, 1.82) is 0 Å². The maximum atomic E-state index is 11.8. The summed E-state index contributed by atoms with van der Waals surface area (Å²) in [4.78, 5) is 11.8. The highest BCUT2D eigenvalue weighted by Gasteiger charge is 2.32. The molecule has 0 bridgehead atoms. The van der Waals surface area contributed by atoms with E-state index in [1.54, 1.807) is 5.57 Å². The van der Waals surface area contributed by atoms with Crippen LogP contribution in [-0.4, -0.2) is 5.78 Å². The van der Waals surface area contributed by atoms with Gasteiger partial charge in [-0.15, -0.1) is 0 Å². The number of ketones is 1. The molecule has 0 spiro atoms. The Kier molecular flexibility index (Phi) is 2.27. The minimum absolute atomic E-state index is 0.246. The van der Waals surface area contributed by atoms with E-state index in [9.17, 15) is 4.79 Å². The molecule has 3 aliphatic rings. The molecule has 0 aliphatic heterocycles. The average molecular weight is 202 g/mol. The molecule has 0 heterocycles. The molecule has 2 fully saturated rings. The summed E-state index contributed by atoms with van der Waals surface area (Å²) in [5.74, 6) is 1.28. The molecular formula is C14H18O. The number of rotatable bonds is 0. The number of hydrogen-bond acceptors (Lipinski definition) is 1. The summed E-state index contributed by atoms with van der Waals surface area (Å²) >= 11 is 0. The maximum Gasteiger partial charge on any atom is 0.140 e. The molecule has 0 aromatic rings. The van der Waals surface area contributed by atoms with E-state index >= 15 is 0 Å². The topological polar surface area (TPSA) is 17.1 Å². The van der Waals surface area contributed by atoms with Gasteiger partial charge in [0, 0.05) is 12.3 Å². The fraction of sp³-hybridized carbons (Fsp3) is 0.643. The van der Waals surface area contributed by atoms with Crippen LogP contribution in [0.5, 0.6) is 0 Å². The van der Waals surface area contributed by atoms with Crippen molar-refractivity contribution >= 4 is 5.78 Å². The highest BCUT2D eigenvalue weighted by Crippen LogP contribution is 2.40. The Labute approximate surface area is 91.2 Å². The van der Waals surface area contributed by atoms with Gasteiger partial charge in [-0.25, -0.2) is 0 Å². The predicted molar refractivity (Wildman–Crippen MR) is 60.5 cm³/mol. The fourth-order valence-corrected chi connectivity index (χ4v) is 3.31. The number of Topliss-reactive ketones (excluding diaryl/α,β-unsaturated/α-hetero) is 1. The second-order valence-corrected chi connectivity index (χ2v) is 5.14. The lowest BCUT2D eigenvalue weighted by atomic mass is 9.70. The van der Waals surface area contributed by atoms with Gasteiger partial charge in [-0.2, -0.15) is 0 Å². The SMILES string of the molecule is O=C1CCC[C@H]2C=C3CCCCC3=C[C@@H]12. The maximum absolute atomic E-state index is 11.8. The van der Waals surface area contributed by atoms with Crippen LogP contribution in [0.3, 0.4) is 0 Å². The van der Waals surface area contributed by atoms with Crippen molar-refractivity contribution in [2.24, 2.45) is 11.8 Å². The summed E-state index contributed by atoms with van der Waals surface area (Å²) in [5.41, 5.74) is 3.06. The fourth-order valence-electron chi connectivity index (χ4n) is 3.31. The van der Waals surface area contributed by atoms with E-state index in [0.717, 1.165) is 12.8 Å². The second-order valence-electron chi connectivity index (χ2n) is 5.14. The quantitative estimate of drug-likeness (QED) is 0.588. The van der Waals surface area contributed by atoms with Crippen molar-refractivity contribution < 1.29 is 4.79 Å². The molecule has 0 N–H and O–H groups in total. The largest absolute Gasteiger partial charge is 0.299 e. The standard InChI is InChI=1S/C14H18O/c15-14-7-3-6-12-8-10-4-1-2-5-11(10)9-13(12)14/h8-9,12-13H,1-7H2/t12-,13+/m0/s1. The molecule has 3 aliphatic carbocycles. The zero-order valence-electron chi connectivity index (χ0n) is 9.17. The summed E-state index contributed by atoms with van der Waals surface area (Å²) in [7, 11) is 0. The van der Waals surface area contributed by atoms with E-state index in [-0.39, 0.29) is 5.92 Å². The lowest BCUT2D eigenvalue weighted by molar-refractivity contribution is -0.124. The number of carbonyl (C=O) groups is 1. The normalized spacial score (nSPS) is 35.1. The minimum atomic E-state index is 0.246. The predicted octanol–water partition coefficient (Wildman–Crippen LogP) is 3.41.